The Morgan fingerprint density at radius 3 is 1.40 bits per heavy atom. The van der Waals surface area contributed by atoms with Gasteiger partial charge in [-0.1, -0.05) is 53.2 Å². The molecule has 692 valence electrons. The minimum absolute atomic E-state index is 0.0246. The lowest BCUT2D eigenvalue weighted by Crippen LogP contribution is -2.70. The minimum Gasteiger partial charge on any atom is -0.479 e. The number of aliphatic hydroxyl groups is 21. The third kappa shape index (κ3) is 16.9. The van der Waals surface area contributed by atoms with Crippen molar-refractivity contribution in [2.24, 2.45) is 50.2 Å². The standard InChI is InChI=1S/C78H122O43/c1-26-55(114-64-48(95)40(87)31(84)23-105-64)58(116-66-50(97)45(92)42(89)33(20-79)110-66)54(101)69(107-26)120-62-60(118-67-51(98)46(93)43(90)34(21-80)111-67)56(109-28(3)83)27(2)108-70(62)121-72(104)78-17-16-73(4,5)18-30(78)29-10-11-37-74(6)14-13-39(75(7,25-82)36(74)12-15-76(37,8)77(29,9)19-38(78)86)113-71-61(119-68-52(99)47(94)44(91)35(22-81)112-68)57(53(100)59(117-71)63(102)103)115-65-49(96)41(88)32(85)24-106-65/h10,25-27,30-62,64-71,79-81,84-101H,11-24H2,1-9H3,(H,102,103)/t26-,27+,30-,31+,32+,33+,34+,35+,36+,37+,38+,39-,40-,41-,42+,43+,44-,45-,46-,47-,48+,49+,50+,51+,52+,53-,54+,55-,56-,57-,58-,59-,60-,61+,62+,64-,65-,66-,67-,68-,69-,70-,71+,74-,75-,76+,77+,78+/m0/s1. The van der Waals surface area contributed by atoms with E-state index >= 15 is 4.79 Å². The molecule has 0 radical (unpaired) electrons. The molecule has 0 amide bonds. The fraction of sp³-hybridized carbons (Fsp3) is 0.923. The maximum atomic E-state index is 16.5. The van der Waals surface area contributed by atoms with Gasteiger partial charge >= 0.3 is 17.9 Å². The van der Waals surface area contributed by atoms with E-state index in [0.29, 0.717) is 32.1 Å². The first-order valence-corrected chi connectivity index (χ1v) is 41.4. The highest BCUT2D eigenvalue weighted by Gasteiger charge is 2.74. The molecule has 8 aliphatic heterocycles. The average molecular weight is 1750 g/mol. The van der Waals surface area contributed by atoms with Crippen LogP contribution in [0.2, 0.25) is 0 Å². The van der Waals surface area contributed by atoms with Gasteiger partial charge in [-0.05, 0) is 111 Å². The van der Waals surface area contributed by atoms with Gasteiger partial charge in [-0.15, -0.1) is 0 Å². The van der Waals surface area contributed by atoms with Crippen LogP contribution in [0.15, 0.2) is 11.6 Å². The van der Waals surface area contributed by atoms with Gasteiger partial charge in [0.1, 0.15) is 164 Å². The van der Waals surface area contributed by atoms with E-state index in [2.05, 4.69) is 19.9 Å². The fourth-order valence-corrected chi connectivity index (χ4v) is 22.0. The molecule has 0 unspecified atom stereocenters. The lowest BCUT2D eigenvalue weighted by Gasteiger charge is -2.71. The molecule has 48 atom stereocenters. The van der Waals surface area contributed by atoms with Gasteiger partial charge in [0.2, 0.25) is 6.29 Å². The summed E-state index contributed by atoms with van der Waals surface area (Å²) >= 11 is 0. The Morgan fingerprint density at radius 2 is 0.901 bits per heavy atom. The summed E-state index contributed by atoms with van der Waals surface area (Å²) in [6, 6.07) is 0. The van der Waals surface area contributed by atoms with Crippen molar-refractivity contribution in [1.82, 2.24) is 0 Å². The Labute approximate surface area is 694 Å². The van der Waals surface area contributed by atoms with Crippen LogP contribution >= 0.6 is 0 Å². The molecule has 12 fully saturated rings. The van der Waals surface area contributed by atoms with Crippen LogP contribution in [0.4, 0.5) is 0 Å². The largest absolute Gasteiger partial charge is 0.479 e. The zero-order valence-corrected chi connectivity index (χ0v) is 68.3. The van der Waals surface area contributed by atoms with E-state index in [0.717, 1.165) is 18.8 Å². The SMILES string of the molecule is CC(=O)O[C@@H]1[C@H](O[C@@H]2O[C@H](CO)[C@@H](O)[C@H](O)[C@H]2O)[C@@H](O[C@@H]2O[C@@H](C)[C@H](O[C@@H]3OC[C@@H](O)[C@H](O)[C@H]3O)[C@@H](O[C@@H]3O[C@H](CO)[C@@H](O)[C@H](O)[C@H]3O)[C@H]2O)[C@H](OC(=O)[C@]23CCC(C)(C)C[C@H]2C2=CC[C@@H]4[C@@]5(C)CC[C@H](O[C@@H]6O[C@H](C(=O)O)[C@@H](O)[C@H](O[C@@H]7OC[C@@H](O)[C@H](O)[C@H]7O)[C@H]6O[C@@H]6O[C@H](CO)[C@H](O)[C@H](O)[C@H]6O)[C@@](C)(C=O)[C@@H]5CC[C@@]4(C)[C@]2(C)C[C@H]3O)O[C@@H]1C. The predicted molar refractivity (Wildman–Crippen MR) is 390 cm³/mol. The van der Waals surface area contributed by atoms with Crippen LogP contribution < -0.4 is 0 Å². The van der Waals surface area contributed by atoms with Crippen molar-refractivity contribution in [1.29, 1.82) is 0 Å². The van der Waals surface area contributed by atoms with Gasteiger partial charge in [0.05, 0.1) is 62.9 Å². The number of esters is 2. The summed E-state index contributed by atoms with van der Waals surface area (Å²) in [4.78, 5) is 57.4. The Hall–Kier alpha value is -3.62. The lowest BCUT2D eigenvalue weighted by molar-refractivity contribution is -0.404. The number of rotatable bonds is 22. The predicted octanol–water partition coefficient (Wildman–Crippen LogP) is -8.59. The smallest absolute Gasteiger partial charge is 0.335 e. The van der Waals surface area contributed by atoms with Crippen LogP contribution in [-0.2, 0) is 99.7 Å². The molecule has 0 aromatic carbocycles. The number of hydrogen-bond acceptors (Lipinski definition) is 42. The van der Waals surface area contributed by atoms with E-state index in [4.69, 9.17) is 80.5 Å². The van der Waals surface area contributed by atoms with E-state index < -0.39 is 341 Å². The number of allylic oxidation sites excluding steroid dienone is 2. The van der Waals surface area contributed by atoms with Gasteiger partial charge in [0, 0.05) is 6.92 Å². The van der Waals surface area contributed by atoms with Crippen molar-refractivity contribution in [2.75, 3.05) is 33.0 Å². The minimum atomic E-state index is -2.31. The van der Waals surface area contributed by atoms with Gasteiger partial charge < -0.3 is 198 Å². The van der Waals surface area contributed by atoms with Crippen LogP contribution in [0, 0.1) is 50.2 Å². The first kappa shape index (κ1) is 95.0. The number of aliphatic hydroxyl groups excluding tert-OH is 21. The summed E-state index contributed by atoms with van der Waals surface area (Å²) in [5.74, 6) is -5.58. The fourth-order valence-electron chi connectivity index (χ4n) is 22.0. The highest BCUT2D eigenvalue weighted by atomic mass is 16.8. The second-order valence-corrected chi connectivity index (χ2v) is 37.0. The third-order valence-corrected chi connectivity index (χ3v) is 29.2. The van der Waals surface area contributed by atoms with Crippen molar-refractivity contribution < 1.29 is 212 Å². The number of fused-ring (bicyclic) bond motifs is 7. The number of hydrogen-bond donors (Lipinski definition) is 22. The van der Waals surface area contributed by atoms with Crippen LogP contribution in [0.25, 0.3) is 0 Å². The molecule has 13 aliphatic rings. The quantitative estimate of drug-likeness (QED) is 0.0207. The molecule has 4 saturated carbocycles. The number of carbonyl (C=O) groups excluding carboxylic acids is 3. The van der Waals surface area contributed by atoms with E-state index in [1.807, 2.05) is 20.8 Å². The zero-order valence-electron chi connectivity index (χ0n) is 68.3. The molecule has 5 aliphatic carbocycles. The van der Waals surface area contributed by atoms with Crippen LogP contribution in [0.1, 0.15) is 120 Å². The number of ether oxygens (including phenoxy) is 17. The van der Waals surface area contributed by atoms with Crippen LogP contribution in [0.5, 0.6) is 0 Å². The molecule has 0 spiro atoms. The molecule has 43 nitrogen and oxygen atoms in total. The van der Waals surface area contributed by atoms with Crippen LogP contribution in [0.3, 0.4) is 0 Å². The Kier molecular flexibility index (Phi) is 28.6. The highest BCUT2D eigenvalue weighted by molar-refractivity contribution is 5.80. The van der Waals surface area contributed by atoms with Crippen LogP contribution in [-0.4, -0.2) is 415 Å². The van der Waals surface area contributed by atoms with Gasteiger partial charge in [-0.3, -0.25) is 9.59 Å². The second-order valence-electron chi connectivity index (χ2n) is 37.0. The normalized spacial score (nSPS) is 53.8. The molecular formula is C78H122O43. The second kappa shape index (κ2) is 36.4. The molecular weight excluding hydrogens is 1620 g/mol. The molecule has 8 saturated heterocycles. The zero-order chi connectivity index (χ0) is 88.5. The maximum absolute atomic E-state index is 16.5. The summed E-state index contributed by atoms with van der Waals surface area (Å²) in [7, 11) is 0. The number of carboxylic acid groups (broad SMARTS) is 1. The van der Waals surface area contributed by atoms with E-state index in [1.54, 1.807) is 6.92 Å². The van der Waals surface area contributed by atoms with E-state index in [9.17, 15) is 127 Å². The third-order valence-electron chi connectivity index (χ3n) is 29.2. The summed E-state index contributed by atoms with van der Waals surface area (Å²) in [5.41, 5.74) is -5.72. The molecule has 13 rings (SSSR count). The Balaban J connectivity index is 0.827. The van der Waals surface area contributed by atoms with Crippen molar-refractivity contribution in [3.63, 3.8) is 0 Å². The molecule has 8 heterocycles. The molecule has 0 aromatic heterocycles. The van der Waals surface area contributed by atoms with Crippen molar-refractivity contribution in [3.05, 3.63) is 11.6 Å². The van der Waals surface area contributed by atoms with E-state index in [1.165, 1.54) is 13.8 Å². The van der Waals surface area contributed by atoms with Gasteiger partial charge in [0.25, 0.3) is 0 Å². The monoisotopic (exact) mass is 1750 g/mol. The topological polar surface area (TPSA) is 670 Å². The number of carboxylic acids is 1. The molecule has 0 bridgehead atoms. The first-order chi connectivity index (χ1) is 56.8. The summed E-state index contributed by atoms with van der Waals surface area (Å²) < 4.78 is 105. The molecule has 121 heavy (non-hydrogen) atoms. The van der Waals surface area contributed by atoms with Gasteiger partial charge in [-0.2, -0.15) is 0 Å². The summed E-state index contributed by atoms with van der Waals surface area (Å²) in [6.07, 6.45) is -72.1. The highest BCUT2D eigenvalue weighted by Crippen LogP contribution is 2.76. The molecule has 0 aromatic rings. The molecule has 22 N–H and O–H groups in total. The van der Waals surface area contributed by atoms with E-state index in [-0.39, 0.29) is 31.6 Å². The summed E-state index contributed by atoms with van der Waals surface area (Å²) in [6.45, 7) is 11.6. The number of aliphatic carboxylic acids is 1. The number of aldehydes is 1. The average Bonchev–Trinajstić information content (AvgIpc) is 0.668. The maximum Gasteiger partial charge on any atom is 0.335 e. The van der Waals surface area contributed by atoms with Gasteiger partial charge in [0.15, 0.2) is 62.3 Å². The Bertz CT molecular complexity index is 3600. The lowest BCUT2D eigenvalue weighted by atomic mass is 9.33. The first-order valence-electron chi connectivity index (χ1n) is 41.4. The molecule has 43 heteroatoms. The Morgan fingerprint density at radius 1 is 0.446 bits per heavy atom. The van der Waals surface area contributed by atoms with Gasteiger partial charge in [-0.25, -0.2) is 4.79 Å². The van der Waals surface area contributed by atoms with Crippen molar-refractivity contribution in [3.8, 4) is 0 Å². The van der Waals surface area contributed by atoms with Crippen molar-refractivity contribution >= 4 is 24.2 Å². The summed E-state index contributed by atoms with van der Waals surface area (Å²) in [5, 5.41) is 244. The van der Waals surface area contributed by atoms with Crippen molar-refractivity contribution in [2.45, 2.75) is 366 Å². The number of carbonyl (C=O) groups is 4.